The lowest BCUT2D eigenvalue weighted by atomic mass is 9.94. The number of carbonyl (C=O) groups is 4. The number of nitrogens with zero attached hydrogens (tertiary/aromatic N) is 1. The largest absolute Gasteiger partial charge is 0.481 e. The number of amides is 2. The van der Waals surface area contributed by atoms with Crippen molar-refractivity contribution in [3.05, 3.63) is 94.5 Å². The molecule has 0 unspecified atom stereocenters. The van der Waals surface area contributed by atoms with E-state index in [1.807, 2.05) is 12.1 Å². The lowest BCUT2D eigenvalue weighted by Gasteiger charge is -2.17. The van der Waals surface area contributed by atoms with Crippen LogP contribution in [0.5, 0.6) is 0 Å². The summed E-state index contributed by atoms with van der Waals surface area (Å²) < 4.78 is 0. The molecule has 1 N–H and O–H groups in total. The van der Waals surface area contributed by atoms with Gasteiger partial charge >= 0.3 is 5.97 Å². The standard InChI is InChI=1S/C26H20ClNO5/c27-20-11-9-17(10-12-20)16-5-7-18(8-6-16)23(29)15-19(26(32)33)13-14-28-24(30)21-3-1-2-4-22(21)25(28)31/h1-12,19H,13-15H2,(H,32,33)/t19-/m1/s1. The molecular weight excluding hydrogens is 442 g/mol. The minimum absolute atomic E-state index is 0.00456. The molecule has 3 aromatic rings. The Balaban J connectivity index is 1.40. The summed E-state index contributed by atoms with van der Waals surface area (Å²) in [5.41, 5.74) is 2.88. The molecule has 0 aliphatic carbocycles. The number of aliphatic carboxylic acids is 1. The van der Waals surface area contributed by atoms with Crippen LogP contribution in [0, 0.1) is 5.92 Å². The second-order valence-corrected chi connectivity index (χ2v) is 8.28. The Morgan fingerprint density at radius 2 is 1.33 bits per heavy atom. The van der Waals surface area contributed by atoms with Gasteiger partial charge in [-0.3, -0.25) is 24.1 Å². The van der Waals surface area contributed by atoms with Crippen LogP contribution < -0.4 is 0 Å². The first-order chi connectivity index (χ1) is 15.8. The molecule has 166 valence electrons. The summed E-state index contributed by atoms with van der Waals surface area (Å²) in [7, 11) is 0. The zero-order valence-corrected chi connectivity index (χ0v) is 18.3. The fourth-order valence-electron chi connectivity index (χ4n) is 3.87. The van der Waals surface area contributed by atoms with Gasteiger partial charge in [-0.25, -0.2) is 0 Å². The van der Waals surface area contributed by atoms with Gasteiger partial charge in [-0.15, -0.1) is 0 Å². The van der Waals surface area contributed by atoms with E-state index in [4.69, 9.17) is 11.6 Å². The number of hydrogen-bond donors (Lipinski definition) is 1. The summed E-state index contributed by atoms with van der Waals surface area (Å²) >= 11 is 5.91. The molecule has 0 spiro atoms. The van der Waals surface area contributed by atoms with Gasteiger partial charge in [0.15, 0.2) is 5.78 Å². The smallest absolute Gasteiger partial charge is 0.307 e. The van der Waals surface area contributed by atoms with Crippen molar-refractivity contribution in [2.45, 2.75) is 12.8 Å². The molecule has 0 saturated heterocycles. The third-order valence-electron chi connectivity index (χ3n) is 5.74. The number of carboxylic acids is 1. The molecule has 1 aliphatic heterocycles. The third-order valence-corrected chi connectivity index (χ3v) is 6.00. The molecular formula is C26H20ClNO5. The number of Topliss-reactive ketones (excluding diaryl/α,β-unsaturated/α-hetero) is 1. The van der Waals surface area contributed by atoms with Crippen molar-refractivity contribution >= 4 is 35.2 Å². The number of rotatable bonds is 8. The summed E-state index contributed by atoms with van der Waals surface area (Å²) in [6.07, 6.45) is -0.228. The van der Waals surface area contributed by atoms with Crippen LogP contribution in [-0.2, 0) is 4.79 Å². The topological polar surface area (TPSA) is 91.8 Å². The summed E-state index contributed by atoms with van der Waals surface area (Å²) in [6, 6.07) is 20.7. The van der Waals surface area contributed by atoms with Gasteiger partial charge in [0.05, 0.1) is 17.0 Å². The monoisotopic (exact) mass is 461 g/mol. The molecule has 6 nitrogen and oxygen atoms in total. The highest BCUT2D eigenvalue weighted by molar-refractivity contribution is 6.30. The number of halogens is 1. The average molecular weight is 462 g/mol. The third kappa shape index (κ3) is 4.71. The van der Waals surface area contributed by atoms with Gasteiger partial charge in [-0.2, -0.15) is 0 Å². The Bertz CT molecular complexity index is 1200. The first-order valence-corrected chi connectivity index (χ1v) is 10.8. The molecule has 7 heteroatoms. The molecule has 0 fully saturated rings. The van der Waals surface area contributed by atoms with Crippen LogP contribution in [0.4, 0.5) is 0 Å². The van der Waals surface area contributed by atoms with E-state index >= 15 is 0 Å². The molecule has 4 rings (SSSR count). The lowest BCUT2D eigenvalue weighted by molar-refractivity contribution is -0.142. The minimum Gasteiger partial charge on any atom is -0.481 e. The molecule has 33 heavy (non-hydrogen) atoms. The zero-order chi connectivity index (χ0) is 23.5. The maximum atomic E-state index is 12.7. The van der Waals surface area contributed by atoms with Crippen LogP contribution in [0.1, 0.15) is 43.9 Å². The second kappa shape index (κ2) is 9.38. The molecule has 1 aliphatic rings. The van der Waals surface area contributed by atoms with Crippen LogP contribution in [0.25, 0.3) is 11.1 Å². The fraction of sp³-hybridized carbons (Fsp3) is 0.154. The number of imide groups is 1. The predicted octanol–water partition coefficient (Wildman–Crippen LogP) is 4.97. The van der Waals surface area contributed by atoms with Crippen LogP contribution in [0.2, 0.25) is 5.02 Å². The number of fused-ring (bicyclic) bond motifs is 1. The van der Waals surface area contributed by atoms with Gasteiger partial charge < -0.3 is 5.11 Å². The van der Waals surface area contributed by atoms with Crippen molar-refractivity contribution in [3.63, 3.8) is 0 Å². The van der Waals surface area contributed by atoms with Gasteiger partial charge in [0, 0.05) is 23.6 Å². The van der Waals surface area contributed by atoms with Crippen molar-refractivity contribution < 1.29 is 24.3 Å². The number of hydrogen-bond acceptors (Lipinski definition) is 4. The molecule has 1 atom stereocenters. The molecule has 0 bridgehead atoms. The van der Waals surface area contributed by atoms with Crippen molar-refractivity contribution in [2.75, 3.05) is 6.54 Å². The van der Waals surface area contributed by atoms with Crippen molar-refractivity contribution in [2.24, 2.45) is 5.92 Å². The van der Waals surface area contributed by atoms with Crippen LogP contribution in [0.3, 0.4) is 0 Å². The highest BCUT2D eigenvalue weighted by Crippen LogP contribution is 2.25. The Labute approximate surface area is 195 Å². The number of carboxylic acid groups (broad SMARTS) is 1. The van der Waals surface area contributed by atoms with Gasteiger partial charge in [0.25, 0.3) is 11.8 Å². The van der Waals surface area contributed by atoms with E-state index in [9.17, 15) is 24.3 Å². The number of ketones is 1. The van der Waals surface area contributed by atoms with E-state index in [1.165, 1.54) is 0 Å². The molecule has 1 heterocycles. The Hall–Kier alpha value is -3.77. The van der Waals surface area contributed by atoms with Crippen molar-refractivity contribution in [1.29, 1.82) is 0 Å². The lowest BCUT2D eigenvalue weighted by Crippen LogP contribution is -2.33. The average Bonchev–Trinajstić information content (AvgIpc) is 3.07. The molecule has 2 amide bonds. The van der Waals surface area contributed by atoms with Gasteiger partial charge in [0.2, 0.25) is 0 Å². The van der Waals surface area contributed by atoms with E-state index < -0.39 is 23.7 Å². The fourth-order valence-corrected chi connectivity index (χ4v) is 4.00. The van der Waals surface area contributed by atoms with E-state index in [1.54, 1.807) is 60.7 Å². The quantitative estimate of drug-likeness (QED) is 0.378. The van der Waals surface area contributed by atoms with Gasteiger partial charge in [-0.05, 0) is 41.8 Å². The Morgan fingerprint density at radius 1 is 0.818 bits per heavy atom. The van der Waals surface area contributed by atoms with Crippen LogP contribution >= 0.6 is 11.6 Å². The van der Waals surface area contributed by atoms with E-state index in [0.29, 0.717) is 21.7 Å². The maximum absolute atomic E-state index is 12.7. The number of carbonyl (C=O) groups excluding carboxylic acids is 3. The molecule has 0 aromatic heterocycles. The maximum Gasteiger partial charge on any atom is 0.307 e. The van der Waals surface area contributed by atoms with Gasteiger partial charge in [0.1, 0.15) is 0 Å². The summed E-state index contributed by atoms with van der Waals surface area (Å²) in [5.74, 6) is -3.35. The highest BCUT2D eigenvalue weighted by Gasteiger charge is 2.35. The molecule has 0 saturated carbocycles. The van der Waals surface area contributed by atoms with E-state index in [2.05, 4.69) is 0 Å². The first kappa shape index (κ1) is 22.4. The highest BCUT2D eigenvalue weighted by atomic mass is 35.5. The first-order valence-electron chi connectivity index (χ1n) is 10.4. The summed E-state index contributed by atoms with van der Waals surface area (Å²) in [5, 5.41) is 10.2. The SMILES string of the molecule is O=C(C[C@@H](CCN1C(=O)c2ccccc2C1=O)C(=O)O)c1ccc(-c2ccc(Cl)cc2)cc1. The van der Waals surface area contributed by atoms with E-state index in [-0.39, 0.29) is 25.2 Å². The van der Waals surface area contributed by atoms with E-state index in [0.717, 1.165) is 16.0 Å². The predicted molar refractivity (Wildman–Crippen MR) is 123 cm³/mol. The Kier molecular flexibility index (Phi) is 6.38. The summed E-state index contributed by atoms with van der Waals surface area (Å²) in [4.78, 5) is 50.5. The number of benzene rings is 3. The second-order valence-electron chi connectivity index (χ2n) is 7.84. The van der Waals surface area contributed by atoms with Crippen molar-refractivity contribution in [1.82, 2.24) is 4.90 Å². The Morgan fingerprint density at radius 3 is 1.85 bits per heavy atom. The normalized spacial score (nSPS) is 13.7. The van der Waals surface area contributed by atoms with Crippen LogP contribution in [-0.4, -0.2) is 40.1 Å². The molecule has 3 aromatic carbocycles. The zero-order valence-electron chi connectivity index (χ0n) is 17.5. The minimum atomic E-state index is -1.14. The van der Waals surface area contributed by atoms with Crippen LogP contribution in [0.15, 0.2) is 72.8 Å². The summed E-state index contributed by atoms with van der Waals surface area (Å²) in [6.45, 7) is -0.0634. The van der Waals surface area contributed by atoms with Crippen molar-refractivity contribution in [3.8, 4) is 11.1 Å². The molecule has 0 radical (unpaired) electrons. The van der Waals surface area contributed by atoms with Gasteiger partial charge in [-0.1, -0.05) is 60.1 Å².